The molecule has 14 heavy (non-hydrogen) atoms. The van der Waals surface area contributed by atoms with Crippen molar-refractivity contribution in [3.05, 3.63) is 28.8 Å². The lowest BCUT2D eigenvalue weighted by atomic mass is 10.00. The van der Waals surface area contributed by atoms with Crippen molar-refractivity contribution >= 4 is 6.08 Å². The van der Waals surface area contributed by atoms with Gasteiger partial charge in [-0.25, -0.2) is 9.79 Å². The maximum Gasteiger partial charge on any atom is 0.235 e. The fraction of sp³-hybridized carbons (Fsp3) is 0.364. The zero-order valence-corrected chi connectivity index (χ0v) is 8.04. The van der Waals surface area contributed by atoms with Gasteiger partial charge in [-0.05, 0) is 24.1 Å². The summed E-state index contributed by atoms with van der Waals surface area (Å²) in [6, 6.07) is 3.98. The second-order valence-electron chi connectivity index (χ2n) is 3.34. The Balaban J connectivity index is 2.45. The molecule has 72 valence electrons. The molecule has 0 aromatic heterocycles. The third-order valence-electron chi connectivity index (χ3n) is 2.53. The molecule has 0 amide bonds. The highest BCUT2D eigenvalue weighted by atomic mass is 16.5. The van der Waals surface area contributed by atoms with Crippen molar-refractivity contribution in [2.45, 2.75) is 19.9 Å². The van der Waals surface area contributed by atoms with Gasteiger partial charge >= 0.3 is 0 Å². The van der Waals surface area contributed by atoms with E-state index in [9.17, 15) is 4.79 Å². The lowest BCUT2D eigenvalue weighted by Gasteiger charge is -2.07. The highest BCUT2D eigenvalue weighted by Gasteiger charge is 2.17. The predicted molar refractivity (Wildman–Crippen MR) is 52.2 cm³/mol. The lowest BCUT2D eigenvalue weighted by molar-refractivity contribution is 0.357. The summed E-state index contributed by atoms with van der Waals surface area (Å²) >= 11 is 0. The molecule has 0 aliphatic carbocycles. The first-order chi connectivity index (χ1) is 6.83. The maximum atomic E-state index is 10.1. The number of hydrogen-bond acceptors (Lipinski definition) is 3. The Labute approximate surface area is 82.4 Å². The molecule has 0 unspecified atom stereocenters. The summed E-state index contributed by atoms with van der Waals surface area (Å²) < 4.78 is 5.43. The molecule has 3 heteroatoms. The van der Waals surface area contributed by atoms with Gasteiger partial charge in [0.15, 0.2) is 0 Å². The van der Waals surface area contributed by atoms with E-state index in [1.165, 1.54) is 5.56 Å². The zero-order valence-electron chi connectivity index (χ0n) is 8.04. The van der Waals surface area contributed by atoms with Crippen LogP contribution >= 0.6 is 0 Å². The van der Waals surface area contributed by atoms with Crippen LogP contribution < -0.4 is 4.74 Å². The van der Waals surface area contributed by atoms with Crippen molar-refractivity contribution < 1.29 is 9.53 Å². The van der Waals surface area contributed by atoms with Crippen LogP contribution in [0.4, 0.5) is 0 Å². The van der Waals surface area contributed by atoms with Gasteiger partial charge in [-0.1, -0.05) is 6.07 Å². The first-order valence-corrected chi connectivity index (χ1v) is 4.60. The molecule has 1 aromatic carbocycles. The molecule has 0 fully saturated rings. The van der Waals surface area contributed by atoms with Gasteiger partial charge in [0.1, 0.15) is 5.75 Å². The first kappa shape index (κ1) is 8.97. The second kappa shape index (κ2) is 3.64. The van der Waals surface area contributed by atoms with Crippen molar-refractivity contribution in [1.82, 2.24) is 0 Å². The number of aliphatic imine (C=N–C) groups is 1. The third-order valence-corrected chi connectivity index (χ3v) is 2.53. The number of fused-ring (bicyclic) bond motifs is 1. The van der Waals surface area contributed by atoms with Crippen molar-refractivity contribution in [1.29, 1.82) is 0 Å². The van der Waals surface area contributed by atoms with E-state index in [4.69, 9.17) is 4.74 Å². The van der Waals surface area contributed by atoms with Crippen LogP contribution in [0.2, 0.25) is 0 Å². The zero-order chi connectivity index (χ0) is 9.97. The van der Waals surface area contributed by atoms with Gasteiger partial charge in [0, 0.05) is 12.0 Å². The predicted octanol–water partition coefficient (Wildman–Crippen LogP) is 1.77. The van der Waals surface area contributed by atoms with Gasteiger partial charge in [0.2, 0.25) is 6.08 Å². The topological polar surface area (TPSA) is 38.7 Å². The number of nitrogens with zero attached hydrogens (tertiary/aromatic N) is 1. The van der Waals surface area contributed by atoms with Gasteiger partial charge in [-0.2, -0.15) is 0 Å². The molecule has 0 saturated carbocycles. The van der Waals surface area contributed by atoms with E-state index in [0.29, 0.717) is 6.54 Å². The number of benzene rings is 1. The highest BCUT2D eigenvalue weighted by Crippen LogP contribution is 2.30. The quantitative estimate of drug-likeness (QED) is 0.525. The number of ether oxygens (including phenoxy) is 1. The standard InChI is InChI=1S/C11H11NO2/c1-8-2-3-11-9(4-5-14-11)10(8)6-12-7-13/h2-3H,4-6H2,1H3. The van der Waals surface area contributed by atoms with E-state index in [2.05, 4.69) is 4.99 Å². The summed E-state index contributed by atoms with van der Waals surface area (Å²) in [5.74, 6) is 0.937. The molecular weight excluding hydrogens is 178 g/mol. The molecule has 2 rings (SSSR count). The Morgan fingerprint density at radius 1 is 1.57 bits per heavy atom. The lowest BCUT2D eigenvalue weighted by Crippen LogP contribution is -1.93. The van der Waals surface area contributed by atoms with Crippen LogP contribution in [0.15, 0.2) is 17.1 Å². The average Bonchev–Trinajstić information content (AvgIpc) is 2.64. The molecule has 0 radical (unpaired) electrons. The number of hydrogen-bond donors (Lipinski definition) is 0. The number of aryl methyl sites for hydroxylation is 1. The van der Waals surface area contributed by atoms with Crippen LogP contribution in [0.25, 0.3) is 0 Å². The third kappa shape index (κ3) is 1.42. The monoisotopic (exact) mass is 189 g/mol. The van der Waals surface area contributed by atoms with E-state index < -0.39 is 0 Å². The number of carbonyl (C=O) groups excluding carboxylic acids is 1. The Bertz CT molecular complexity index is 406. The SMILES string of the molecule is Cc1ccc2c(c1CN=C=O)CCO2. The molecule has 1 aromatic rings. The Morgan fingerprint density at radius 3 is 3.21 bits per heavy atom. The summed E-state index contributed by atoms with van der Waals surface area (Å²) in [4.78, 5) is 13.7. The summed E-state index contributed by atoms with van der Waals surface area (Å²) in [5.41, 5.74) is 3.47. The van der Waals surface area contributed by atoms with Crippen LogP contribution in [0, 0.1) is 6.92 Å². The van der Waals surface area contributed by atoms with Crippen molar-refractivity contribution in [3.8, 4) is 5.75 Å². The fourth-order valence-corrected chi connectivity index (χ4v) is 1.79. The maximum absolute atomic E-state index is 10.1. The first-order valence-electron chi connectivity index (χ1n) is 4.60. The summed E-state index contributed by atoms with van der Waals surface area (Å²) in [6.45, 7) is 3.17. The van der Waals surface area contributed by atoms with Gasteiger partial charge in [0.05, 0.1) is 13.2 Å². The Morgan fingerprint density at radius 2 is 2.43 bits per heavy atom. The normalized spacial score (nSPS) is 12.9. The van der Waals surface area contributed by atoms with Crippen molar-refractivity contribution in [2.75, 3.05) is 6.61 Å². The summed E-state index contributed by atoms with van der Waals surface area (Å²) in [7, 11) is 0. The van der Waals surface area contributed by atoms with Crippen molar-refractivity contribution in [3.63, 3.8) is 0 Å². The smallest absolute Gasteiger partial charge is 0.235 e. The van der Waals surface area contributed by atoms with Crippen molar-refractivity contribution in [2.24, 2.45) is 4.99 Å². The van der Waals surface area contributed by atoms with E-state index in [0.717, 1.165) is 29.9 Å². The van der Waals surface area contributed by atoms with E-state index in [1.54, 1.807) is 6.08 Å². The molecule has 0 N–H and O–H groups in total. The minimum absolute atomic E-state index is 0.419. The molecule has 0 spiro atoms. The Hall–Kier alpha value is -1.60. The molecule has 0 saturated heterocycles. The molecule has 1 aliphatic heterocycles. The summed E-state index contributed by atoms with van der Waals surface area (Å²) in [5, 5.41) is 0. The largest absolute Gasteiger partial charge is 0.493 e. The molecule has 1 aliphatic rings. The van der Waals surface area contributed by atoms with Crippen LogP contribution in [0.5, 0.6) is 5.75 Å². The fourth-order valence-electron chi connectivity index (χ4n) is 1.79. The van der Waals surface area contributed by atoms with E-state index in [-0.39, 0.29) is 0 Å². The van der Waals surface area contributed by atoms with Crippen LogP contribution in [0.1, 0.15) is 16.7 Å². The van der Waals surface area contributed by atoms with Crippen LogP contribution in [0.3, 0.4) is 0 Å². The van der Waals surface area contributed by atoms with Gasteiger partial charge < -0.3 is 4.74 Å². The second-order valence-corrected chi connectivity index (χ2v) is 3.34. The average molecular weight is 189 g/mol. The minimum atomic E-state index is 0.419. The van der Waals surface area contributed by atoms with Gasteiger partial charge in [-0.3, -0.25) is 0 Å². The van der Waals surface area contributed by atoms with E-state index in [1.807, 2.05) is 19.1 Å². The van der Waals surface area contributed by atoms with Crippen LogP contribution in [-0.2, 0) is 17.8 Å². The number of rotatable bonds is 2. The van der Waals surface area contributed by atoms with Gasteiger partial charge in [-0.15, -0.1) is 0 Å². The molecule has 0 atom stereocenters. The van der Waals surface area contributed by atoms with Crippen LogP contribution in [-0.4, -0.2) is 12.7 Å². The van der Waals surface area contributed by atoms with E-state index >= 15 is 0 Å². The molecule has 3 nitrogen and oxygen atoms in total. The minimum Gasteiger partial charge on any atom is -0.493 e. The highest BCUT2D eigenvalue weighted by molar-refractivity contribution is 5.47. The summed E-state index contributed by atoms with van der Waals surface area (Å²) in [6.07, 6.45) is 2.49. The molecule has 0 bridgehead atoms. The molecule has 1 heterocycles. The Kier molecular flexibility index (Phi) is 2.33. The molecular formula is C11H11NO2. The number of isocyanates is 1. The van der Waals surface area contributed by atoms with Gasteiger partial charge in [0.25, 0.3) is 0 Å².